The highest BCUT2D eigenvalue weighted by Crippen LogP contribution is 2.17. The summed E-state index contributed by atoms with van der Waals surface area (Å²) in [7, 11) is 0. The van der Waals surface area contributed by atoms with E-state index in [2.05, 4.69) is 50.4 Å². The van der Waals surface area contributed by atoms with Gasteiger partial charge in [0.25, 0.3) is 0 Å². The van der Waals surface area contributed by atoms with Crippen LogP contribution in [0.4, 0.5) is 0 Å². The van der Waals surface area contributed by atoms with Crippen LogP contribution < -0.4 is 5.32 Å². The Morgan fingerprint density at radius 3 is 1.42 bits per heavy atom. The molecule has 3 N–H and O–H groups in total. The van der Waals surface area contributed by atoms with Gasteiger partial charge in [-0.1, -0.05) is 180 Å². The zero-order valence-electron chi connectivity index (χ0n) is 35.4. The topological polar surface area (TPSA) is 95.9 Å². The van der Waals surface area contributed by atoms with Crippen molar-refractivity contribution in [3.05, 3.63) is 24.3 Å². The van der Waals surface area contributed by atoms with Crippen molar-refractivity contribution in [3.8, 4) is 0 Å². The Morgan fingerprint density at radius 2 is 0.925 bits per heavy atom. The minimum Gasteiger partial charge on any atom is -0.462 e. The van der Waals surface area contributed by atoms with Crippen molar-refractivity contribution >= 4 is 11.9 Å². The van der Waals surface area contributed by atoms with Crippen molar-refractivity contribution in [2.24, 2.45) is 0 Å². The van der Waals surface area contributed by atoms with Crippen LogP contribution in [-0.2, 0) is 14.3 Å². The smallest absolute Gasteiger partial charge is 0.306 e. The maximum absolute atomic E-state index is 13.1. The summed E-state index contributed by atoms with van der Waals surface area (Å²) >= 11 is 0. The molecule has 0 aromatic heterocycles. The number of allylic oxidation sites excluding steroid dienone is 4. The Balaban J connectivity index is 4.63. The Bertz CT molecular complexity index is 843. The summed E-state index contributed by atoms with van der Waals surface area (Å²) in [5.41, 5.74) is 0. The third-order valence-corrected chi connectivity index (χ3v) is 10.5. The van der Waals surface area contributed by atoms with E-state index in [-0.39, 0.29) is 24.9 Å². The first-order valence-electron chi connectivity index (χ1n) is 23.1. The number of unbranched alkanes of at least 4 members (excludes halogenated alkanes) is 25. The fraction of sp³-hybridized carbons (Fsp3) is 0.872. The number of hydrogen-bond donors (Lipinski definition) is 3. The van der Waals surface area contributed by atoms with Crippen LogP contribution in [0.3, 0.4) is 0 Å². The van der Waals surface area contributed by atoms with Gasteiger partial charge in [-0.3, -0.25) is 9.59 Å². The molecule has 6 nitrogen and oxygen atoms in total. The zero-order chi connectivity index (χ0) is 38.9. The molecule has 0 radical (unpaired) electrons. The van der Waals surface area contributed by atoms with Crippen molar-refractivity contribution in [1.82, 2.24) is 5.32 Å². The van der Waals surface area contributed by atoms with E-state index in [1.807, 2.05) is 0 Å². The van der Waals surface area contributed by atoms with Crippen LogP contribution in [-0.4, -0.2) is 46.9 Å². The van der Waals surface area contributed by atoms with Gasteiger partial charge < -0.3 is 20.3 Å². The van der Waals surface area contributed by atoms with E-state index in [1.54, 1.807) is 0 Å². The van der Waals surface area contributed by atoms with Crippen LogP contribution >= 0.6 is 0 Å². The highest BCUT2D eigenvalue weighted by molar-refractivity contribution is 5.77. The number of aliphatic hydroxyl groups excluding tert-OH is 2. The first kappa shape index (κ1) is 51.3. The number of aliphatic hydroxyl groups is 2. The lowest BCUT2D eigenvalue weighted by Gasteiger charge is -2.24. The first-order valence-corrected chi connectivity index (χ1v) is 23.1. The molecule has 0 saturated heterocycles. The van der Waals surface area contributed by atoms with Gasteiger partial charge in [-0.25, -0.2) is 0 Å². The van der Waals surface area contributed by atoms with Crippen LogP contribution in [0.2, 0.25) is 0 Å². The van der Waals surface area contributed by atoms with E-state index in [0.29, 0.717) is 19.3 Å². The van der Waals surface area contributed by atoms with Gasteiger partial charge >= 0.3 is 5.97 Å². The summed E-state index contributed by atoms with van der Waals surface area (Å²) in [6, 6.07) is -0.701. The van der Waals surface area contributed by atoms with Crippen LogP contribution in [0.15, 0.2) is 24.3 Å². The van der Waals surface area contributed by atoms with E-state index in [4.69, 9.17) is 4.74 Å². The van der Waals surface area contributed by atoms with Gasteiger partial charge in [0.1, 0.15) is 6.10 Å². The largest absolute Gasteiger partial charge is 0.462 e. The molecule has 312 valence electrons. The van der Waals surface area contributed by atoms with Gasteiger partial charge in [-0.05, 0) is 70.6 Å². The SMILES string of the molecule is CCCC/C=C\CCCCCCCC(=O)OC(CCCCC/C=C/CCCCCCCCC)CC(=O)NC(CO)C(O)CCCCCCCCCCC. The van der Waals surface area contributed by atoms with Crippen LogP contribution in [0.5, 0.6) is 0 Å². The van der Waals surface area contributed by atoms with Gasteiger partial charge in [0, 0.05) is 6.42 Å². The molecule has 0 spiro atoms. The molecule has 0 heterocycles. The predicted octanol–water partition coefficient (Wildman–Crippen LogP) is 13.2. The van der Waals surface area contributed by atoms with Crippen molar-refractivity contribution in [2.45, 2.75) is 257 Å². The molecule has 0 aromatic rings. The lowest BCUT2D eigenvalue weighted by Crippen LogP contribution is -2.46. The summed E-state index contributed by atoms with van der Waals surface area (Å²) in [6.45, 7) is 6.41. The molecular weight excluding hydrogens is 659 g/mol. The monoisotopic (exact) mass is 748 g/mol. The molecule has 0 aromatic carbocycles. The normalized spacial score (nSPS) is 13.5. The maximum Gasteiger partial charge on any atom is 0.306 e. The number of esters is 1. The molecular formula is C47H89NO5. The second kappa shape index (κ2) is 41.5. The average molecular weight is 748 g/mol. The molecule has 53 heavy (non-hydrogen) atoms. The fourth-order valence-corrected chi connectivity index (χ4v) is 6.93. The molecule has 0 aliphatic heterocycles. The summed E-state index contributed by atoms with van der Waals surface area (Å²) < 4.78 is 5.89. The number of rotatable bonds is 41. The molecule has 6 heteroatoms. The maximum atomic E-state index is 13.1. The molecule has 0 saturated carbocycles. The third kappa shape index (κ3) is 37.1. The van der Waals surface area contributed by atoms with E-state index < -0.39 is 18.2 Å². The summed E-state index contributed by atoms with van der Waals surface area (Å²) in [6.07, 6.45) is 45.2. The Morgan fingerprint density at radius 1 is 0.528 bits per heavy atom. The molecule has 0 rings (SSSR count). The number of amides is 1. The van der Waals surface area contributed by atoms with E-state index >= 15 is 0 Å². The van der Waals surface area contributed by atoms with E-state index in [0.717, 1.165) is 70.6 Å². The number of ether oxygens (including phenoxy) is 1. The molecule has 3 unspecified atom stereocenters. The van der Waals surface area contributed by atoms with Gasteiger partial charge in [0.05, 0.1) is 25.2 Å². The Kier molecular flexibility index (Phi) is 40.2. The van der Waals surface area contributed by atoms with Gasteiger partial charge in [0.2, 0.25) is 5.91 Å². The highest BCUT2D eigenvalue weighted by Gasteiger charge is 2.24. The first-order chi connectivity index (χ1) is 26.0. The molecule has 1 amide bonds. The molecule has 3 atom stereocenters. The van der Waals surface area contributed by atoms with Gasteiger partial charge in [0.15, 0.2) is 0 Å². The number of hydrogen-bond acceptors (Lipinski definition) is 5. The number of carbonyl (C=O) groups excluding carboxylic acids is 2. The molecule has 0 fully saturated rings. The fourth-order valence-electron chi connectivity index (χ4n) is 6.93. The lowest BCUT2D eigenvalue weighted by molar-refractivity contribution is -0.151. The summed E-state index contributed by atoms with van der Waals surface area (Å²) in [5, 5.41) is 23.6. The predicted molar refractivity (Wildman–Crippen MR) is 227 cm³/mol. The van der Waals surface area contributed by atoms with Crippen molar-refractivity contribution < 1.29 is 24.5 Å². The zero-order valence-corrected chi connectivity index (χ0v) is 35.4. The van der Waals surface area contributed by atoms with Crippen molar-refractivity contribution in [1.29, 1.82) is 0 Å². The third-order valence-electron chi connectivity index (χ3n) is 10.5. The minimum atomic E-state index is -0.787. The van der Waals surface area contributed by atoms with Crippen LogP contribution in [0, 0.1) is 0 Å². The summed E-state index contributed by atoms with van der Waals surface area (Å²) in [5.74, 6) is -0.496. The second-order valence-electron chi connectivity index (χ2n) is 15.8. The van der Waals surface area contributed by atoms with Gasteiger partial charge in [-0.15, -0.1) is 0 Å². The average Bonchev–Trinajstić information content (AvgIpc) is 3.15. The highest BCUT2D eigenvalue weighted by atomic mass is 16.5. The molecule has 0 bridgehead atoms. The standard InChI is InChI=1S/C47H89NO5/c1-4-7-10-13-16-19-21-22-23-25-27-29-32-35-38-43(53-47(52)40-37-34-31-28-24-20-17-14-11-8-5-2)41-46(51)48-44(42-49)45(50)39-36-33-30-26-18-15-12-9-6-3/h14,17,23,25,43-45,49-50H,4-13,15-16,18-22,24,26-42H2,1-3H3,(H,48,51)/b17-14-,25-23+. The van der Waals surface area contributed by atoms with E-state index in [9.17, 15) is 19.8 Å². The lowest BCUT2D eigenvalue weighted by atomic mass is 10.0. The number of carbonyl (C=O) groups is 2. The minimum absolute atomic E-state index is 0.0666. The quantitative estimate of drug-likeness (QED) is 0.0329. The van der Waals surface area contributed by atoms with Crippen molar-refractivity contribution in [3.63, 3.8) is 0 Å². The van der Waals surface area contributed by atoms with Crippen molar-refractivity contribution in [2.75, 3.05) is 6.61 Å². The molecule has 0 aliphatic rings. The Labute approximate surface area is 329 Å². The molecule has 0 aliphatic carbocycles. The second-order valence-corrected chi connectivity index (χ2v) is 15.8. The van der Waals surface area contributed by atoms with E-state index in [1.165, 1.54) is 122 Å². The summed E-state index contributed by atoms with van der Waals surface area (Å²) in [4.78, 5) is 25.9. The van der Waals surface area contributed by atoms with Crippen LogP contribution in [0.1, 0.15) is 239 Å². The Hall–Kier alpha value is -1.66. The van der Waals surface area contributed by atoms with Gasteiger partial charge in [-0.2, -0.15) is 0 Å². The number of nitrogens with one attached hydrogen (secondary N) is 1. The van der Waals surface area contributed by atoms with Crippen LogP contribution in [0.25, 0.3) is 0 Å².